The molecular formula is C12H10Cl2INaO2. The van der Waals surface area contributed by atoms with Gasteiger partial charge >= 0.3 is 29.6 Å². The second-order valence-corrected chi connectivity index (χ2v) is 4.97. The van der Waals surface area contributed by atoms with E-state index in [-0.39, 0.29) is 40.3 Å². The van der Waals surface area contributed by atoms with Crippen molar-refractivity contribution in [3.8, 4) is 11.5 Å². The van der Waals surface area contributed by atoms with Crippen LogP contribution in [-0.4, -0.2) is 39.8 Å². The van der Waals surface area contributed by atoms with E-state index >= 15 is 0 Å². The summed E-state index contributed by atoms with van der Waals surface area (Å²) in [5, 5.41) is 18.4. The number of phenolic OH excluding ortho intramolecular Hbond substituents is 2. The van der Waals surface area contributed by atoms with Gasteiger partial charge in [-0.3, -0.25) is 0 Å². The van der Waals surface area contributed by atoms with Crippen LogP contribution in [0.1, 0.15) is 0 Å². The van der Waals surface area contributed by atoms with Crippen molar-refractivity contribution in [3.05, 3.63) is 56.1 Å². The van der Waals surface area contributed by atoms with Gasteiger partial charge in [-0.25, -0.2) is 0 Å². The Hall–Kier alpha value is 0.350. The van der Waals surface area contributed by atoms with Crippen molar-refractivity contribution in [2.45, 2.75) is 0 Å². The van der Waals surface area contributed by atoms with Crippen LogP contribution in [0.3, 0.4) is 0 Å². The minimum atomic E-state index is 0. The van der Waals surface area contributed by atoms with Crippen molar-refractivity contribution < 1.29 is 10.2 Å². The number of benzene rings is 2. The summed E-state index contributed by atoms with van der Waals surface area (Å²) < 4.78 is 0.894. The van der Waals surface area contributed by atoms with E-state index in [1.807, 2.05) is 12.1 Å². The van der Waals surface area contributed by atoms with Crippen LogP contribution in [0.15, 0.2) is 42.5 Å². The van der Waals surface area contributed by atoms with E-state index in [4.69, 9.17) is 33.4 Å². The zero-order valence-corrected chi connectivity index (χ0v) is 12.2. The molecule has 2 aromatic carbocycles. The van der Waals surface area contributed by atoms with E-state index in [1.165, 1.54) is 6.07 Å². The van der Waals surface area contributed by atoms with Crippen molar-refractivity contribution in [3.63, 3.8) is 0 Å². The molecule has 0 aromatic heterocycles. The topological polar surface area (TPSA) is 40.5 Å². The van der Waals surface area contributed by atoms with Crippen molar-refractivity contribution in [1.82, 2.24) is 0 Å². The molecule has 0 spiro atoms. The van der Waals surface area contributed by atoms with Crippen molar-refractivity contribution in [2.75, 3.05) is 0 Å². The van der Waals surface area contributed by atoms with Crippen molar-refractivity contribution >= 4 is 75.4 Å². The van der Waals surface area contributed by atoms with Gasteiger partial charge < -0.3 is 10.2 Å². The van der Waals surface area contributed by atoms with Gasteiger partial charge in [0, 0.05) is 0 Å². The minimum absolute atomic E-state index is 0. The number of rotatable bonds is 0. The molecule has 0 aliphatic heterocycles. The predicted octanol–water partition coefficient (Wildman–Crippen LogP) is 4.05. The first kappa shape index (κ1) is 18.4. The molecule has 0 aliphatic rings. The van der Waals surface area contributed by atoms with Crippen LogP contribution in [0.5, 0.6) is 11.5 Å². The summed E-state index contributed by atoms with van der Waals surface area (Å²) in [6, 6.07) is 11.9. The Labute approximate surface area is 151 Å². The summed E-state index contributed by atoms with van der Waals surface area (Å²) in [4.78, 5) is 0. The molecule has 0 saturated heterocycles. The van der Waals surface area contributed by atoms with Gasteiger partial charge in [-0.2, -0.15) is 0 Å². The molecule has 0 atom stereocenters. The normalized spacial score (nSPS) is 8.83. The Morgan fingerprint density at radius 1 is 0.833 bits per heavy atom. The molecule has 0 bridgehead atoms. The van der Waals surface area contributed by atoms with E-state index in [0.29, 0.717) is 10.8 Å². The first-order valence-corrected chi connectivity index (χ1v) is 6.42. The number of phenols is 2. The van der Waals surface area contributed by atoms with Gasteiger partial charge in [-0.05, 0) is 46.9 Å². The Kier molecular flexibility index (Phi) is 9.47. The standard InChI is InChI=1S/C6H4Cl2O.C6H5IO.Na.H/c7-4-2-1-3-5(9)6(4)8;7-5-3-1-2-4-6(5)8;;/h1-3,9H;1-4,8H;;. The first-order valence-electron chi connectivity index (χ1n) is 4.59. The molecule has 6 heteroatoms. The zero-order chi connectivity index (χ0) is 12.8. The number of hydrogen-bond donors (Lipinski definition) is 2. The average molecular weight is 407 g/mol. The number of hydrogen-bond acceptors (Lipinski definition) is 2. The fraction of sp³-hybridized carbons (Fsp3) is 0. The summed E-state index contributed by atoms with van der Waals surface area (Å²) in [5.41, 5.74) is 0. The van der Waals surface area contributed by atoms with Crippen LogP contribution in [0.2, 0.25) is 10.0 Å². The monoisotopic (exact) mass is 406 g/mol. The average Bonchev–Trinajstić information content (AvgIpc) is 2.31. The van der Waals surface area contributed by atoms with Crippen LogP contribution in [0.4, 0.5) is 0 Å². The van der Waals surface area contributed by atoms with E-state index < -0.39 is 0 Å². The Balaban J connectivity index is 0.000000306. The second-order valence-electron chi connectivity index (χ2n) is 3.02. The van der Waals surface area contributed by atoms with Crippen molar-refractivity contribution in [1.29, 1.82) is 0 Å². The Bertz CT molecular complexity index is 468. The van der Waals surface area contributed by atoms with Crippen LogP contribution in [0, 0.1) is 3.57 Å². The van der Waals surface area contributed by atoms with E-state index in [2.05, 4.69) is 22.6 Å². The van der Waals surface area contributed by atoms with Crippen LogP contribution in [-0.2, 0) is 0 Å². The maximum atomic E-state index is 8.91. The summed E-state index contributed by atoms with van der Waals surface area (Å²) in [6.07, 6.45) is 0. The molecule has 2 N–H and O–H groups in total. The molecule has 2 aromatic rings. The summed E-state index contributed by atoms with van der Waals surface area (Å²) >= 11 is 13.1. The van der Waals surface area contributed by atoms with Gasteiger partial charge in [-0.15, -0.1) is 0 Å². The molecule has 0 radical (unpaired) electrons. The molecule has 92 valence electrons. The fourth-order valence-corrected chi connectivity index (χ4v) is 1.63. The third kappa shape index (κ3) is 5.99. The molecule has 0 heterocycles. The molecule has 2 rings (SSSR count). The zero-order valence-electron chi connectivity index (χ0n) is 8.57. The molecule has 0 amide bonds. The summed E-state index contributed by atoms with van der Waals surface area (Å²) in [7, 11) is 0. The summed E-state index contributed by atoms with van der Waals surface area (Å²) in [5.74, 6) is 0.372. The van der Waals surface area contributed by atoms with Gasteiger partial charge in [0.25, 0.3) is 0 Å². The van der Waals surface area contributed by atoms with Gasteiger partial charge in [0.2, 0.25) is 0 Å². The van der Waals surface area contributed by atoms with Crippen LogP contribution < -0.4 is 0 Å². The van der Waals surface area contributed by atoms with Gasteiger partial charge in [0.1, 0.15) is 16.5 Å². The SMILES string of the molecule is Oc1cccc(Cl)c1Cl.Oc1ccccc1I.[NaH]. The number of aromatic hydroxyl groups is 2. The predicted molar refractivity (Wildman–Crippen MR) is 86.1 cm³/mol. The number of para-hydroxylation sites is 1. The van der Waals surface area contributed by atoms with Gasteiger partial charge in [0.15, 0.2) is 0 Å². The van der Waals surface area contributed by atoms with Crippen LogP contribution >= 0.6 is 45.8 Å². The van der Waals surface area contributed by atoms with Crippen molar-refractivity contribution in [2.24, 2.45) is 0 Å². The third-order valence-corrected chi connectivity index (χ3v) is 3.50. The molecule has 18 heavy (non-hydrogen) atoms. The third-order valence-electron chi connectivity index (χ3n) is 1.78. The van der Waals surface area contributed by atoms with E-state index in [9.17, 15) is 0 Å². The number of halogens is 3. The quantitative estimate of drug-likeness (QED) is 0.512. The van der Waals surface area contributed by atoms with Gasteiger partial charge in [0.05, 0.1) is 8.59 Å². The molecule has 0 fully saturated rings. The second kappa shape index (κ2) is 9.28. The van der Waals surface area contributed by atoms with Gasteiger partial charge in [-0.1, -0.05) is 41.4 Å². The summed E-state index contributed by atoms with van der Waals surface area (Å²) in [6.45, 7) is 0. The Morgan fingerprint density at radius 2 is 1.39 bits per heavy atom. The fourth-order valence-electron chi connectivity index (χ4n) is 0.944. The Morgan fingerprint density at radius 3 is 1.78 bits per heavy atom. The molecule has 2 nitrogen and oxygen atoms in total. The maximum absolute atomic E-state index is 8.91. The molecule has 0 saturated carbocycles. The van der Waals surface area contributed by atoms with E-state index in [0.717, 1.165) is 3.57 Å². The van der Waals surface area contributed by atoms with E-state index in [1.54, 1.807) is 24.3 Å². The molecule has 0 unspecified atom stereocenters. The molecular weight excluding hydrogens is 397 g/mol. The first-order chi connectivity index (χ1) is 8.02. The molecule has 0 aliphatic carbocycles. The van der Waals surface area contributed by atoms with Crippen LogP contribution in [0.25, 0.3) is 0 Å².